The Labute approximate surface area is 220 Å². The average molecular weight is 524 g/mol. The van der Waals surface area contributed by atoms with Crippen LogP contribution in [0.5, 0.6) is 0 Å². The minimum atomic E-state index is -1.80. The van der Waals surface area contributed by atoms with Crippen LogP contribution in [0.1, 0.15) is 79.1 Å². The molecule has 1 rings (SSSR count). The van der Waals surface area contributed by atoms with Crippen molar-refractivity contribution in [1.29, 1.82) is 0 Å². The van der Waals surface area contributed by atoms with Gasteiger partial charge in [-0.2, -0.15) is 0 Å². The molecule has 0 aromatic rings. The number of unbranched alkanes of at least 4 members (excludes halogenated alkanes) is 6. The van der Waals surface area contributed by atoms with Crippen molar-refractivity contribution in [1.82, 2.24) is 4.90 Å². The van der Waals surface area contributed by atoms with Crippen LogP contribution in [0.15, 0.2) is 33.9 Å². The molecule has 0 radical (unpaired) electrons. The van der Waals surface area contributed by atoms with E-state index in [0.29, 0.717) is 29.6 Å². The van der Waals surface area contributed by atoms with E-state index >= 15 is 0 Å². The van der Waals surface area contributed by atoms with Gasteiger partial charge in [-0.25, -0.2) is 0 Å². The molecule has 0 bridgehead atoms. The summed E-state index contributed by atoms with van der Waals surface area (Å²) in [5, 5.41) is 48.8. The van der Waals surface area contributed by atoms with Gasteiger partial charge in [-0.15, -0.1) is 0 Å². The molecule has 0 fully saturated rings. The number of carbonyl (C=O) groups is 3. The fraction of sp³-hybridized carbons (Fsp3) is 0.679. The fourth-order valence-electron chi connectivity index (χ4n) is 4.26. The van der Waals surface area contributed by atoms with E-state index in [9.17, 15) is 34.8 Å². The summed E-state index contributed by atoms with van der Waals surface area (Å²) in [4.78, 5) is 40.1. The van der Waals surface area contributed by atoms with Gasteiger partial charge in [-0.1, -0.05) is 45.4 Å². The highest BCUT2D eigenvalue weighted by atomic mass is 16.4. The lowest BCUT2D eigenvalue weighted by molar-refractivity contribution is -0.135. The Bertz CT molecular complexity index is 904. The van der Waals surface area contributed by atoms with Gasteiger partial charge in [0.2, 0.25) is 5.91 Å². The quantitative estimate of drug-likeness (QED) is 0.116. The number of likely N-dealkylation sites (N-methyl/N-ethyl adjacent to an activating group) is 1. The van der Waals surface area contributed by atoms with Crippen LogP contribution in [0, 0.1) is 0 Å². The minimum Gasteiger partial charge on any atom is -0.394 e. The van der Waals surface area contributed by atoms with Crippen LogP contribution in [0.2, 0.25) is 0 Å². The molecule has 1 aliphatic carbocycles. The van der Waals surface area contributed by atoms with Gasteiger partial charge >= 0.3 is 0 Å². The molecular formula is C28H45NO8. The van der Waals surface area contributed by atoms with Crippen molar-refractivity contribution in [2.45, 2.75) is 103 Å². The van der Waals surface area contributed by atoms with Crippen molar-refractivity contribution in [3.8, 4) is 0 Å². The molecule has 0 heterocycles. The van der Waals surface area contributed by atoms with Crippen molar-refractivity contribution >= 4 is 17.5 Å². The lowest BCUT2D eigenvalue weighted by Gasteiger charge is -2.29. The van der Waals surface area contributed by atoms with Gasteiger partial charge in [0.15, 0.2) is 11.6 Å². The highest BCUT2D eigenvalue weighted by Crippen LogP contribution is 2.27. The summed E-state index contributed by atoms with van der Waals surface area (Å²) in [7, 11) is 1.41. The normalized spacial score (nSPS) is 18.3. The number of nitrogens with zero attached hydrogens (tertiary/aromatic N) is 1. The summed E-state index contributed by atoms with van der Waals surface area (Å²) in [5.74, 6) is -1.04. The van der Waals surface area contributed by atoms with Gasteiger partial charge in [-0.05, 0) is 39.7 Å². The standard InChI is InChI=1S/C28H45NO8/c1-6-7-8-9-10-11-12-13-20(14-21-19(4)24(33)17(2)18(3)25(21)34)28(37)29(5)15-22(31)26(35)27(36)23(32)16-30/h14,22-23,26-27,30-32,35-36H,6-13,15-16H2,1-5H3/t22-,23+,26+,27+/m0/s1. The maximum atomic E-state index is 13.4. The second kappa shape index (κ2) is 15.9. The predicted molar refractivity (Wildman–Crippen MR) is 141 cm³/mol. The Morgan fingerprint density at radius 3 is 1.89 bits per heavy atom. The Hall–Kier alpha value is -2.17. The topological polar surface area (TPSA) is 156 Å². The average Bonchev–Trinajstić information content (AvgIpc) is 2.89. The molecule has 0 saturated heterocycles. The van der Waals surface area contributed by atoms with Crippen LogP contribution in [-0.2, 0) is 14.4 Å². The lowest BCUT2D eigenvalue weighted by atomic mass is 9.84. The van der Waals surface area contributed by atoms with Crippen molar-refractivity contribution in [3.63, 3.8) is 0 Å². The Kier molecular flexibility index (Phi) is 14.2. The van der Waals surface area contributed by atoms with E-state index in [0.717, 1.165) is 37.0 Å². The van der Waals surface area contributed by atoms with Crippen LogP contribution in [0.25, 0.3) is 0 Å². The van der Waals surface area contributed by atoms with Gasteiger partial charge in [0, 0.05) is 41.5 Å². The van der Waals surface area contributed by atoms with Crippen molar-refractivity contribution in [2.75, 3.05) is 20.2 Å². The molecule has 0 aromatic heterocycles. The van der Waals surface area contributed by atoms with E-state index in [-0.39, 0.29) is 29.3 Å². The SMILES string of the molecule is CCCCCCCCCC(=CC1=C(C)C(=O)C(C)=C(C)C1=O)C(=O)N(C)C[C@H](O)[C@@H](O)[C@H](O)[C@H](O)CO. The number of hydrogen-bond acceptors (Lipinski definition) is 8. The number of ketones is 2. The van der Waals surface area contributed by atoms with Crippen LogP contribution in [0.3, 0.4) is 0 Å². The highest BCUT2D eigenvalue weighted by molar-refractivity contribution is 6.26. The molecule has 0 saturated carbocycles. The summed E-state index contributed by atoms with van der Waals surface area (Å²) in [5.41, 5.74) is 1.48. The zero-order chi connectivity index (χ0) is 28.3. The first-order chi connectivity index (χ1) is 17.4. The van der Waals surface area contributed by atoms with Gasteiger partial charge in [0.05, 0.1) is 6.61 Å². The maximum absolute atomic E-state index is 13.4. The third-order valence-electron chi connectivity index (χ3n) is 7.01. The first-order valence-corrected chi connectivity index (χ1v) is 13.2. The summed E-state index contributed by atoms with van der Waals surface area (Å²) in [6, 6.07) is 0. The van der Waals surface area contributed by atoms with E-state index < -0.39 is 36.9 Å². The third-order valence-corrected chi connectivity index (χ3v) is 7.01. The van der Waals surface area contributed by atoms with Gasteiger partial charge in [0.25, 0.3) is 0 Å². The number of rotatable bonds is 16. The molecule has 5 N–H and O–H groups in total. The van der Waals surface area contributed by atoms with E-state index in [2.05, 4.69) is 6.92 Å². The lowest BCUT2D eigenvalue weighted by Crippen LogP contribution is -2.50. The molecule has 1 amide bonds. The van der Waals surface area contributed by atoms with E-state index in [1.165, 1.54) is 19.5 Å². The van der Waals surface area contributed by atoms with E-state index in [1.807, 2.05) is 0 Å². The van der Waals surface area contributed by atoms with Crippen molar-refractivity contribution in [3.05, 3.63) is 33.9 Å². The maximum Gasteiger partial charge on any atom is 0.249 e. The van der Waals surface area contributed by atoms with Gasteiger partial charge in [0.1, 0.15) is 24.4 Å². The van der Waals surface area contributed by atoms with Crippen LogP contribution < -0.4 is 0 Å². The first kappa shape index (κ1) is 32.9. The number of hydrogen-bond donors (Lipinski definition) is 5. The molecule has 9 heteroatoms. The number of Topliss-reactive ketones (excluding diaryl/α,β-unsaturated/α-hetero) is 2. The molecular weight excluding hydrogens is 478 g/mol. The molecule has 9 nitrogen and oxygen atoms in total. The zero-order valence-corrected chi connectivity index (χ0v) is 22.9. The highest BCUT2D eigenvalue weighted by Gasteiger charge is 2.32. The number of allylic oxidation sites excluding steroid dienone is 5. The largest absolute Gasteiger partial charge is 0.394 e. The molecule has 1 aliphatic rings. The Morgan fingerprint density at radius 2 is 1.32 bits per heavy atom. The summed E-state index contributed by atoms with van der Waals surface area (Å²) < 4.78 is 0. The van der Waals surface area contributed by atoms with Gasteiger partial charge in [-0.3, -0.25) is 14.4 Å². The smallest absolute Gasteiger partial charge is 0.249 e. The second-order valence-corrected chi connectivity index (χ2v) is 9.97. The second-order valence-electron chi connectivity index (χ2n) is 9.97. The molecule has 0 unspecified atom stereocenters. The summed E-state index contributed by atoms with van der Waals surface area (Å²) in [6.07, 6.45) is 2.19. The van der Waals surface area contributed by atoms with Crippen LogP contribution in [0.4, 0.5) is 0 Å². The molecule has 0 aromatic carbocycles. The monoisotopic (exact) mass is 523 g/mol. The third kappa shape index (κ3) is 9.26. The summed E-state index contributed by atoms with van der Waals surface area (Å²) >= 11 is 0. The number of carbonyl (C=O) groups excluding carboxylic acids is 3. The predicted octanol–water partition coefficient (Wildman–Crippen LogP) is 1.75. The minimum absolute atomic E-state index is 0.176. The number of aliphatic hydroxyl groups excluding tert-OH is 5. The first-order valence-electron chi connectivity index (χ1n) is 13.2. The van der Waals surface area contributed by atoms with Crippen molar-refractivity contribution in [2.24, 2.45) is 0 Å². The van der Waals surface area contributed by atoms with Gasteiger partial charge < -0.3 is 30.4 Å². The zero-order valence-electron chi connectivity index (χ0n) is 22.9. The Balaban J connectivity index is 3.11. The Morgan fingerprint density at radius 1 is 0.811 bits per heavy atom. The number of aliphatic hydroxyl groups is 5. The number of amides is 1. The van der Waals surface area contributed by atoms with Crippen LogP contribution >= 0.6 is 0 Å². The molecule has 37 heavy (non-hydrogen) atoms. The summed E-state index contributed by atoms with van der Waals surface area (Å²) in [6.45, 7) is 5.73. The van der Waals surface area contributed by atoms with Crippen molar-refractivity contribution < 1.29 is 39.9 Å². The molecule has 0 aliphatic heterocycles. The molecule has 4 atom stereocenters. The van der Waals surface area contributed by atoms with E-state index in [4.69, 9.17) is 5.11 Å². The van der Waals surface area contributed by atoms with Crippen LogP contribution in [-0.4, -0.2) is 92.5 Å². The molecule has 210 valence electrons. The fourth-order valence-corrected chi connectivity index (χ4v) is 4.26. The molecule has 0 spiro atoms. The van der Waals surface area contributed by atoms with E-state index in [1.54, 1.807) is 20.8 Å².